The van der Waals surface area contributed by atoms with Crippen LogP contribution in [0, 0.1) is 34.0 Å². The van der Waals surface area contributed by atoms with Crippen molar-refractivity contribution in [1.82, 2.24) is 0 Å². The Labute approximate surface area is 145 Å². The largest absolute Gasteiger partial charge is 0.469 e. The van der Waals surface area contributed by atoms with E-state index in [1.165, 1.54) is 19.1 Å². The van der Waals surface area contributed by atoms with Crippen molar-refractivity contribution in [3.05, 3.63) is 11.6 Å². The summed E-state index contributed by atoms with van der Waals surface area (Å²) in [5.41, 5.74) is 1.42. The summed E-state index contributed by atoms with van der Waals surface area (Å²) >= 11 is 0. The van der Waals surface area contributed by atoms with Crippen LogP contribution >= 0.6 is 0 Å². The van der Waals surface area contributed by atoms with Gasteiger partial charge in [-0.25, -0.2) is 0 Å². The number of fused-ring (bicyclic) bond motifs is 2. The van der Waals surface area contributed by atoms with Gasteiger partial charge in [0, 0.05) is 5.92 Å². The number of rotatable bonds is 1. The zero-order valence-corrected chi connectivity index (χ0v) is 15.6. The Bertz CT molecular complexity index is 596. The van der Waals surface area contributed by atoms with E-state index in [9.17, 15) is 9.90 Å². The molecule has 5 aliphatic carbocycles. The maximum atomic E-state index is 12.6. The van der Waals surface area contributed by atoms with E-state index in [1.54, 1.807) is 0 Å². The molecule has 0 aliphatic heterocycles. The van der Waals surface area contributed by atoms with Crippen molar-refractivity contribution in [3.63, 3.8) is 0 Å². The Balaban J connectivity index is 1.76. The number of carbonyl (C=O) groups excluding carboxylic acids is 1. The summed E-state index contributed by atoms with van der Waals surface area (Å²) in [5.74, 6) is 1.33. The second-order valence-electron chi connectivity index (χ2n) is 9.65. The highest BCUT2D eigenvalue weighted by Gasteiger charge is 2.65. The van der Waals surface area contributed by atoms with Crippen LogP contribution in [0.2, 0.25) is 0 Å². The molecule has 1 spiro atoms. The van der Waals surface area contributed by atoms with E-state index < -0.39 is 0 Å². The monoisotopic (exact) mass is 332 g/mol. The molecule has 0 aromatic rings. The number of esters is 1. The summed E-state index contributed by atoms with van der Waals surface area (Å²) in [7, 11) is 1.54. The van der Waals surface area contributed by atoms with Gasteiger partial charge in [-0.2, -0.15) is 0 Å². The molecule has 134 valence electrons. The fourth-order valence-corrected chi connectivity index (χ4v) is 7.67. The van der Waals surface area contributed by atoms with Crippen LogP contribution in [0.25, 0.3) is 0 Å². The summed E-state index contributed by atoms with van der Waals surface area (Å²) in [6, 6.07) is 0. The molecule has 0 saturated heterocycles. The predicted molar refractivity (Wildman–Crippen MR) is 93.2 cm³/mol. The molecule has 0 heterocycles. The molecule has 0 radical (unpaired) electrons. The van der Waals surface area contributed by atoms with E-state index in [1.807, 2.05) is 0 Å². The SMILES string of the molecule is COC(=O)[C@]1(C)CCC[C@@]2(C)[C@H]1CC[C@@]13C=C(C)[C@@H](C[C@@H]12)[C@@H](O)C3. The summed E-state index contributed by atoms with van der Waals surface area (Å²) < 4.78 is 5.23. The van der Waals surface area contributed by atoms with Crippen molar-refractivity contribution in [2.45, 2.75) is 71.8 Å². The molecule has 5 rings (SSSR count). The second-order valence-corrected chi connectivity index (χ2v) is 9.65. The highest BCUT2D eigenvalue weighted by molar-refractivity contribution is 5.77. The quantitative estimate of drug-likeness (QED) is 0.581. The third-order valence-corrected chi connectivity index (χ3v) is 8.66. The van der Waals surface area contributed by atoms with Gasteiger partial charge >= 0.3 is 5.97 Å². The molecule has 0 aromatic heterocycles. The Hall–Kier alpha value is -0.830. The molecular formula is C21H32O3. The van der Waals surface area contributed by atoms with Gasteiger partial charge in [-0.1, -0.05) is 25.0 Å². The Kier molecular flexibility index (Phi) is 3.53. The lowest BCUT2D eigenvalue weighted by molar-refractivity contribution is -0.190. The van der Waals surface area contributed by atoms with Crippen LogP contribution in [0.4, 0.5) is 0 Å². The average molecular weight is 332 g/mol. The van der Waals surface area contributed by atoms with Crippen LogP contribution < -0.4 is 0 Å². The standard InChI is InChI=1S/C21H32O3/c1-13-11-21-9-6-16-19(2,17(21)10-14(13)15(22)12-21)7-5-8-20(16,3)18(23)24-4/h11,14-17,22H,5-10,12H2,1-4H3/t14-,15+,16-,17-,19+,20-,21+/m1/s1. The van der Waals surface area contributed by atoms with E-state index in [0.717, 1.165) is 38.5 Å². The predicted octanol–water partition coefficient (Wildman–Crippen LogP) is 4.10. The van der Waals surface area contributed by atoms with E-state index >= 15 is 0 Å². The molecule has 2 bridgehead atoms. The Morgan fingerprint density at radius 2 is 2.00 bits per heavy atom. The molecule has 7 atom stereocenters. The summed E-state index contributed by atoms with van der Waals surface area (Å²) in [6.07, 6.45) is 9.87. The van der Waals surface area contributed by atoms with Gasteiger partial charge in [0.1, 0.15) is 0 Å². The number of aliphatic hydroxyl groups excluding tert-OH is 1. The van der Waals surface area contributed by atoms with Crippen molar-refractivity contribution in [1.29, 1.82) is 0 Å². The third-order valence-electron chi connectivity index (χ3n) is 8.66. The van der Waals surface area contributed by atoms with Gasteiger partial charge in [-0.15, -0.1) is 0 Å². The van der Waals surface area contributed by atoms with Crippen molar-refractivity contribution >= 4 is 5.97 Å². The second kappa shape index (κ2) is 5.09. The zero-order valence-electron chi connectivity index (χ0n) is 15.6. The lowest BCUT2D eigenvalue weighted by Gasteiger charge is -2.67. The van der Waals surface area contributed by atoms with Crippen LogP contribution in [0.3, 0.4) is 0 Å². The number of allylic oxidation sites excluding steroid dienone is 1. The van der Waals surface area contributed by atoms with Crippen molar-refractivity contribution in [3.8, 4) is 0 Å². The highest BCUT2D eigenvalue weighted by Crippen LogP contribution is 2.70. The van der Waals surface area contributed by atoms with Gasteiger partial charge in [-0.05, 0) is 75.0 Å². The number of hydrogen-bond donors (Lipinski definition) is 1. The van der Waals surface area contributed by atoms with Crippen molar-refractivity contribution < 1.29 is 14.6 Å². The van der Waals surface area contributed by atoms with Gasteiger partial charge in [0.05, 0.1) is 18.6 Å². The van der Waals surface area contributed by atoms with Crippen LogP contribution in [0.1, 0.15) is 65.7 Å². The first-order valence-corrected chi connectivity index (χ1v) is 9.73. The lowest BCUT2D eigenvalue weighted by atomic mass is 9.38. The molecule has 3 saturated carbocycles. The van der Waals surface area contributed by atoms with Crippen molar-refractivity contribution in [2.24, 2.45) is 34.0 Å². The fraction of sp³-hybridized carbons (Fsp3) is 0.857. The molecule has 3 heteroatoms. The van der Waals surface area contributed by atoms with Crippen LogP contribution in [-0.4, -0.2) is 24.3 Å². The van der Waals surface area contributed by atoms with E-state index in [0.29, 0.717) is 17.8 Å². The number of carbonyl (C=O) groups is 1. The number of ether oxygens (including phenoxy) is 1. The minimum Gasteiger partial charge on any atom is -0.469 e. The molecule has 0 unspecified atom stereocenters. The van der Waals surface area contributed by atoms with Gasteiger partial charge in [0.2, 0.25) is 0 Å². The van der Waals surface area contributed by atoms with Crippen LogP contribution in [0.5, 0.6) is 0 Å². The van der Waals surface area contributed by atoms with Crippen LogP contribution in [0.15, 0.2) is 11.6 Å². The minimum atomic E-state index is -0.336. The third kappa shape index (κ3) is 1.91. The first kappa shape index (κ1) is 16.6. The smallest absolute Gasteiger partial charge is 0.311 e. The molecule has 3 nitrogen and oxygen atoms in total. The van der Waals surface area contributed by atoms with E-state index in [2.05, 4.69) is 26.8 Å². The van der Waals surface area contributed by atoms with Gasteiger partial charge < -0.3 is 9.84 Å². The molecule has 5 aliphatic rings. The van der Waals surface area contributed by atoms with Gasteiger partial charge in [-0.3, -0.25) is 4.79 Å². The molecule has 1 N–H and O–H groups in total. The maximum Gasteiger partial charge on any atom is 0.311 e. The zero-order chi connectivity index (χ0) is 17.3. The molecule has 3 fully saturated rings. The number of methoxy groups -OCH3 is 1. The van der Waals surface area contributed by atoms with Crippen LogP contribution in [-0.2, 0) is 9.53 Å². The summed E-state index contributed by atoms with van der Waals surface area (Å²) in [6.45, 7) is 6.80. The lowest BCUT2D eigenvalue weighted by Crippen LogP contribution is -2.62. The Morgan fingerprint density at radius 3 is 2.67 bits per heavy atom. The summed E-state index contributed by atoms with van der Waals surface area (Å²) in [5, 5.41) is 10.6. The molecule has 0 amide bonds. The highest BCUT2D eigenvalue weighted by atomic mass is 16.5. The maximum absolute atomic E-state index is 12.6. The van der Waals surface area contributed by atoms with E-state index in [-0.39, 0.29) is 28.3 Å². The summed E-state index contributed by atoms with van der Waals surface area (Å²) in [4.78, 5) is 12.6. The fourth-order valence-electron chi connectivity index (χ4n) is 7.67. The Morgan fingerprint density at radius 1 is 1.25 bits per heavy atom. The first-order chi connectivity index (χ1) is 11.3. The topological polar surface area (TPSA) is 46.5 Å². The molecule has 24 heavy (non-hydrogen) atoms. The first-order valence-electron chi connectivity index (χ1n) is 9.73. The van der Waals surface area contributed by atoms with E-state index in [4.69, 9.17) is 4.74 Å². The van der Waals surface area contributed by atoms with Crippen molar-refractivity contribution in [2.75, 3.05) is 7.11 Å². The molecular weight excluding hydrogens is 300 g/mol. The average Bonchev–Trinajstić information content (AvgIpc) is 2.52. The van der Waals surface area contributed by atoms with Gasteiger partial charge in [0.25, 0.3) is 0 Å². The van der Waals surface area contributed by atoms with Gasteiger partial charge in [0.15, 0.2) is 0 Å². The molecule has 0 aromatic carbocycles. The number of hydrogen-bond acceptors (Lipinski definition) is 3. The number of aliphatic hydroxyl groups is 1. The normalized spacial score (nSPS) is 53.0. The minimum absolute atomic E-state index is 0.0119.